The highest BCUT2D eigenvalue weighted by atomic mass is 16.5. The Hall–Kier alpha value is -1.55. The van der Waals surface area contributed by atoms with Crippen molar-refractivity contribution in [2.45, 2.75) is 25.4 Å². The number of benzene rings is 1. The number of aliphatic hydroxyl groups is 1. The van der Waals surface area contributed by atoms with E-state index in [0.717, 1.165) is 31.7 Å². The van der Waals surface area contributed by atoms with Crippen molar-refractivity contribution in [2.24, 2.45) is 11.8 Å². The Morgan fingerprint density at radius 3 is 2.80 bits per heavy atom. The largest absolute Gasteiger partial charge is 0.493 e. The summed E-state index contributed by atoms with van der Waals surface area (Å²) in [5.74, 6) is 1.74. The van der Waals surface area contributed by atoms with Gasteiger partial charge in [0.2, 0.25) is 5.91 Å². The Balaban J connectivity index is 1.44. The topological polar surface area (TPSA) is 49.8 Å². The van der Waals surface area contributed by atoms with Gasteiger partial charge in [-0.15, -0.1) is 0 Å². The van der Waals surface area contributed by atoms with Gasteiger partial charge in [-0.3, -0.25) is 4.79 Å². The summed E-state index contributed by atoms with van der Waals surface area (Å²) in [6, 6.07) is 9.55. The molecule has 3 rings (SSSR count). The average Bonchev–Trinajstić information content (AvgIpc) is 3.03. The van der Waals surface area contributed by atoms with Gasteiger partial charge < -0.3 is 14.7 Å². The van der Waals surface area contributed by atoms with Crippen molar-refractivity contribution in [3.05, 3.63) is 30.3 Å². The van der Waals surface area contributed by atoms with E-state index in [2.05, 4.69) is 0 Å². The molecule has 1 aliphatic carbocycles. The molecule has 20 heavy (non-hydrogen) atoms. The molecule has 3 unspecified atom stereocenters. The van der Waals surface area contributed by atoms with E-state index in [-0.39, 0.29) is 12.0 Å². The quantitative estimate of drug-likeness (QED) is 0.909. The fourth-order valence-electron chi connectivity index (χ4n) is 3.37. The third-order valence-corrected chi connectivity index (χ3v) is 4.50. The smallest absolute Gasteiger partial charge is 0.226 e. The van der Waals surface area contributed by atoms with Crippen LogP contribution in [0.4, 0.5) is 0 Å². The molecular weight excluding hydrogens is 254 g/mol. The van der Waals surface area contributed by atoms with Gasteiger partial charge in [-0.2, -0.15) is 0 Å². The number of amides is 1. The third-order valence-electron chi connectivity index (χ3n) is 4.50. The van der Waals surface area contributed by atoms with Crippen molar-refractivity contribution in [1.29, 1.82) is 0 Å². The zero-order valence-electron chi connectivity index (χ0n) is 11.6. The van der Waals surface area contributed by atoms with Crippen LogP contribution >= 0.6 is 0 Å². The number of aliphatic hydroxyl groups excluding tert-OH is 1. The summed E-state index contributed by atoms with van der Waals surface area (Å²) < 4.78 is 5.55. The molecule has 4 nitrogen and oxygen atoms in total. The number of carbonyl (C=O) groups is 1. The highest BCUT2D eigenvalue weighted by Crippen LogP contribution is 2.38. The first-order valence-corrected chi connectivity index (χ1v) is 7.38. The van der Waals surface area contributed by atoms with Gasteiger partial charge in [0.05, 0.1) is 19.1 Å². The zero-order chi connectivity index (χ0) is 13.9. The molecule has 1 aromatic carbocycles. The molecule has 1 saturated carbocycles. The molecule has 108 valence electrons. The van der Waals surface area contributed by atoms with Crippen molar-refractivity contribution in [3.8, 4) is 5.75 Å². The van der Waals surface area contributed by atoms with E-state index in [0.29, 0.717) is 24.9 Å². The number of rotatable bonds is 4. The monoisotopic (exact) mass is 275 g/mol. The minimum Gasteiger partial charge on any atom is -0.493 e. The lowest BCUT2D eigenvalue weighted by Crippen LogP contribution is -2.31. The van der Waals surface area contributed by atoms with Crippen molar-refractivity contribution in [2.75, 3.05) is 19.7 Å². The van der Waals surface area contributed by atoms with Gasteiger partial charge in [0, 0.05) is 19.0 Å². The maximum absolute atomic E-state index is 12.1. The van der Waals surface area contributed by atoms with E-state index in [1.165, 1.54) is 0 Å². The van der Waals surface area contributed by atoms with Crippen molar-refractivity contribution in [1.82, 2.24) is 4.90 Å². The summed E-state index contributed by atoms with van der Waals surface area (Å²) in [5, 5.41) is 9.86. The summed E-state index contributed by atoms with van der Waals surface area (Å²) in [6.07, 6.45) is 2.15. The number of fused-ring (bicyclic) bond motifs is 1. The first kappa shape index (κ1) is 13.4. The summed E-state index contributed by atoms with van der Waals surface area (Å²) in [6.45, 7) is 1.94. The Kier molecular flexibility index (Phi) is 3.92. The summed E-state index contributed by atoms with van der Waals surface area (Å²) >= 11 is 0. The van der Waals surface area contributed by atoms with E-state index >= 15 is 0 Å². The molecule has 4 heteroatoms. The third kappa shape index (κ3) is 2.80. The lowest BCUT2D eigenvalue weighted by Gasteiger charge is -2.18. The number of carbonyl (C=O) groups excluding carboxylic acids is 1. The molecule has 3 atom stereocenters. The average molecular weight is 275 g/mol. The molecule has 0 radical (unpaired) electrons. The van der Waals surface area contributed by atoms with E-state index in [9.17, 15) is 9.90 Å². The number of likely N-dealkylation sites (tertiary alicyclic amines) is 1. The molecule has 2 aliphatic rings. The fourth-order valence-corrected chi connectivity index (χ4v) is 3.37. The van der Waals surface area contributed by atoms with Crippen LogP contribution in [-0.2, 0) is 4.79 Å². The van der Waals surface area contributed by atoms with Gasteiger partial charge in [0.1, 0.15) is 5.75 Å². The van der Waals surface area contributed by atoms with Gasteiger partial charge >= 0.3 is 0 Å². The number of hydrogen-bond donors (Lipinski definition) is 1. The van der Waals surface area contributed by atoms with Crippen molar-refractivity contribution < 1.29 is 14.6 Å². The Morgan fingerprint density at radius 2 is 2.05 bits per heavy atom. The molecule has 1 heterocycles. The van der Waals surface area contributed by atoms with Gasteiger partial charge in [-0.05, 0) is 30.9 Å². The molecule has 1 N–H and O–H groups in total. The fraction of sp³-hybridized carbons (Fsp3) is 0.562. The predicted octanol–water partition coefficient (Wildman–Crippen LogP) is 1.68. The van der Waals surface area contributed by atoms with Gasteiger partial charge in [0.15, 0.2) is 0 Å². The van der Waals surface area contributed by atoms with Crippen LogP contribution in [0.3, 0.4) is 0 Å². The van der Waals surface area contributed by atoms with Gasteiger partial charge in [-0.1, -0.05) is 18.2 Å². The van der Waals surface area contributed by atoms with Crippen LogP contribution in [0, 0.1) is 11.8 Å². The molecule has 0 bridgehead atoms. The van der Waals surface area contributed by atoms with Crippen LogP contribution in [0.2, 0.25) is 0 Å². The van der Waals surface area contributed by atoms with Crippen molar-refractivity contribution >= 4 is 5.91 Å². The Bertz CT molecular complexity index is 462. The molecule has 1 saturated heterocycles. The Labute approximate surface area is 119 Å². The van der Waals surface area contributed by atoms with E-state index < -0.39 is 0 Å². The summed E-state index contributed by atoms with van der Waals surface area (Å²) in [7, 11) is 0. The van der Waals surface area contributed by atoms with Crippen LogP contribution in [-0.4, -0.2) is 41.7 Å². The van der Waals surface area contributed by atoms with E-state index in [1.54, 1.807) is 0 Å². The second-order valence-corrected chi connectivity index (χ2v) is 5.78. The van der Waals surface area contributed by atoms with Gasteiger partial charge in [-0.25, -0.2) is 0 Å². The van der Waals surface area contributed by atoms with Crippen LogP contribution in [0.5, 0.6) is 5.75 Å². The van der Waals surface area contributed by atoms with Crippen molar-refractivity contribution in [3.63, 3.8) is 0 Å². The molecule has 1 amide bonds. The molecule has 0 spiro atoms. The minimum absolute atomic E-state index is 0.141. The maximum atomic E-state index is 12.1. The summed E-state index contributed by atoms with van der Waals surface area (Å²) in [5.41, 5.74) is 0. The molecule has 1 aromatic rings. The molecular formula is C16H21NO3. The number of nitrogens with zero attached hydrogens (tertiary/aromatic N) is 1. The first-order valence-electron chi connectivity index (χ1n) is 7.38. The maximum Gasteiger partial charge on any atom is 0.226 e. The second kappa shape index (κ2) is 5.83. The van der Waals surface area contributed by atoms with E-state index in [1.807, 2.05) is 35.2 Å². The normalized spacial score (nSPS) is 28.4. The number of ether oxygens (including phenoxy) is 1. The van der Waals surface area contributed by atoms with Crippen LogP contribution in [0.25, 0.3) is 0 Å². The minimum atomic E-state index is -0.210. The number of para-hydroxylation sites is 1. The number of hydrogen-bond acceptors (Lipinski definition) is 3. The standard InChI is InChI=1S/C16H21NO3/c18-15-7-6-12-10-17(11-14(12)15)16(19)8-9-20-13-4-2-1-3-5-13/h1-5,12,14-15,18H,6-11H2. The summed E-state index contributed by atoms with van der Waals surface area (Å²) in [4.78, 5) is 14.0. The van der Waals surface area contributed by atoms with Gasteiger partial charge in [0.25, 0.3) is 0 Å². The van der Waals surface area contributed by atoms with Crippen LogP contribution in [0.1, 0.15) is 19.3 Å². The zero-order valence-corrected chi connectivity index (χ0v) is 11.6. The Morgan fingerprint density at radius 1 is 1.25 bits per heavy atom. The van der Waals surface area contributed by atoms with E-state index in [4.69, 9.17) is 4.74 Å². The highest BCUT2D eigenvalue weighted by Gasteiger charge is 2.42. The SMILES string of the molecule is O=C(CCOc1ccccc1)N1CC2CCC(O)C2C1. The predicted molar refractivity (Wildman–Crippen MR) is 75.4 cm³/mol. The molecule has 2 fully saturated rings. The lowest BCUT2D eigenvalue weighted by atomic mass is 10.00. The molecule has 1 aliphatic heterocycles. The van der Waals surface area contributed by atoms with Crippen LogP contribution < -0.4 is 4.74 Å². The second-order valence-electron chi connectivity index (χ2n) is 5.78. The highest BCUT2D eigenvalue weighted by molar-refractivity contribution is 5.76. The first-order chi connectivity index (χ1) is 9.74. The molecule has 0 aromatic heterocycles. The van der Waals surface area contributed by atoms with Crippen LogP contribution in [0.15, 0.2) is 30.3 Å². The lowest BCUT2D eigenvalue weighted by molar-refractivity contribution is -0.131.